The molecule has 0 radical (unpaired) electrons. The number of hydrogen-bond donors (Lipinski definition) is 1. The van der Waals surface area contributed by atoms with Gasteiger partial charge in [0, 0.05) is 43.2 Å². The van der Waals surface area contributed by atoms with E-state index in [9.17, 15) is 4.79 Å². The lowest BCUT2D eigenvalue weighted by Gasteiger charge is -2.31. The molecule has 1 N–H and O–H groups in total. The third-order valence-electron chi connectivity index (χ3n) is 6.33. The standard InChI is InChI=1S/C24H32N4O/c1-27(20-10-3-2-4-11-20)18-19-9-5-6-12-22(19)26-24(29)23-17-21(13-14-25-23)28-15-7-8-16-28/h5-6,9,12-14,17,20H,2-4,7-8,10-11,15-16,18H2,1H3,(H,26,29). The SMILES string of the molecule is CN(Cc1ccccc1NC(=O)c1cc(N2CCCC2)ccn1)C1CCCCC1. The molecule has 4 rings (SSSR count). The lowest BCUT2D eigenvalue weighted by Crippen LogP contribution is -2.33. The molecule has 0 unspecified atom stereocenters. The zero-order chi connectivity index (χ0) is 20.1. The van der Waals surface area contributed by atoms with Crippen molar-refractivity contribution in [2.45, 2.75) is 57.5 Å². The fourth-order valence-corrected chi connectivity index (χ4v) is 4.60. The second-order valence-corrected chi connectivity index (χ2v) is 8.41. The fraction of sp³-hybridized carbons (Fsp3) is 0.500. The lowest BCUT2D eigenvalue weighted by atomic mass is 9.94. The topological polar surface area (TPSA) is 48.5 Å². The van der Waals surface area contributed by atoms with Gasteiger partial charge in [-0.05, 0) is 56.5 Å². The number of nitrogens with one attached hydrogen (secondary N) is 1. The van der Waals surface area contributed by atoms with Gasteiger partial charge in [0.05, 0.1) is 0 Å². The number of benzene rings is 1. The summed E-state index contributed by atoms with van der Waals surface area (Å²) in [6, 6.07) is 12.7. The van der Waals surface area contributed by atoms with Gasteiger partial charge in [0.2, 0.25) is 0 Å². The van der Waals surface area contributed by atoms with Gasteiger partial charge in [0.1, 0.15) is 5.69 Å². The Kier molecular flexibility index (Phi) is 6.45. The van der Waals surface area contributed by atoms with E-state index < -0.39 is 0 Å². The van der Waals surface area contributed by atoms with E-state index in [1.807, 2.05) is 30.3 Å². The van der Waals surface area contributed by atoms with Crippen LogP contribution in [0.1, 0.15) is 61.0 Å². The number of rotatable bonds is 6. The van der Waals surface area contributed by atoms with Crippen molar-refractivity contribution in [3.05, 3.63) is 53.9 Å². The first-order chi connectivity index (χ1) is 14.2. The summed E-state index contributed by atoms with van der Waals surface area (Å²) in [5, 5.41) is 3.11. The summed E-state index contributed by atoms with van der Waals surface area (Å²) in [4.78, 5) is 22.0. The van der Waals surface area contributed by atoms with Gasteiger partial charge in [-0.25, -0.2) is 0 Å². The molecule has 2 aliphatic rings. The number of aromatic nitrogens is 1. The second-order valence-electron chi connectivity index (χ2n) is 8.41. The number of carbonyl (C=O) groups excluding carboxylic acids is 1. The van der Waals surface area contributed by atoms with Gasteiger partial charge in [-0.15, -0.1) is 0 Å². The molecular weight excluding hydrogens is 360 g/mol. The van der Waals surface area contributed by atoms with Crippen molar-refractivity contribution < 1.29 is 4.79 Å². The Labute approximate surface area is 174 Å². The van der Waals surface area contributed by atoms with Crippen molar-refractivity contribution in [3.63, 3.8) is 0 Å². The second kappa shape index (κ2) is 9.40. The number of hydrogen-bond acceptors (Lipinski definition) is 4. The molecule has 1 aliphatic carbocycles. The van der Waals surface area contributed by atoms with Crippen LogP contribution in [-0.4, -0.2) is 42.0 Å². The molecule has 5 nitrogen and oxygen atoms in total. The van der Waals surface area contributed by atoms with Gasteiger partial charge in [-0.3, -0.25) is 14.7 Å². The van der Waals surface area contributed by atoms with E-state index in [1.54, 1.807) is 6.20 Å². The normalized spacial score (nSPS) is 17.7. The van der Waals surface area contributed by atoms with Crippen LogP contribution < -0.4 is 10.2 Å². The minimum atomic E-state index is -0.140. The molecule has 2 fully saturated rings. The van der Waals surface area contributed by atoms with E-state index >= 15 is 0 Å². The molecule has 1 saturated carbocycles. The summed E-state index contributed by atoms with van der Waals surface area (Å²) in [6.07, 6.45) is 10.7. The Bertz CT molecular complexity index is 825. The van der Waals surface area contributed by atoms with Crippen LogP contribution in [0, 0.1) is 0 Å². The van der Waals surface area contributed by atoms with Crippen LogP contribution in [-0.2, 0) is 6.54 Å². The molecule has 29 heavy (non-hydrogen) atoms. The average molecular weight is 393 g/mol. The van der Waals surface area contributed by atoms with E-state index in [0.29, 0.717) is 11.7 Å². The molecular formula is C24H32N4O. The van der Waals surface area contributed by atoms with Crippen molar-refractivity contribution in [3.8, 4) is 0 Å². The quantitative estimate of drug-likeness (QED) is 0.774. The molecule has 5 heteroatoms. The highest BCUT2D eigenvalue weighted by Crippen LogP contribution is 2.25. The van der Waals surface area contributed by atoms with Crippen LogP contribution in [0.3, 0.4) is 0 Å². The Morgan fingerprint density at radius 3 is 2.66 bits per heavy atom. The lowest BCUT2D eigenvalue weighted by molar-refractivity contribution is 0.102. The highest BCUT2D eigenvalue weighted by Gasteiger charge is 2.20. The highest BCUT2D eigenvalue weighted by molar-refractivity contribution is 6.03. The minimum absolute atomic E-state index is 0.140. The third kappa shape index (κ3) is 4.96. The number of para-hydroxylation sites is 1. The number of nitrogens with zero attached hydrogens (tertiary/aromatic N) is 3. The maximum Gasteiger partial charge on any atom is 0.274 e. The zero-order valence-electron chi connectivity index (χ0n) is 17.4. The number of anilines is 2. The molecule has 0 bridgehead atoms. The first kappa shape index (κ1) is 19.9. The molecule has 0 atom stereocenters. The fourth-order valence-electron chi connectivity index (χ4n) is 4.60. The van der Waals surface area contributed by atoms with Crippen molar-refractivity contribution in [1.29, 1.82) is 0 Å². The van der Waals surface area contributed by atoms with Crippen LogP contribution >= 0.6 is 0 Å². The Hall–Kier alpha value is -2.40. The summed E-state index contributed by atoms with van der Waals surface area (Å²) in [5.41, 5.74) is 3.61. The smallest absolute Gasteiger partial charge is 0.274 e. The number of carbonyl (C=O) groups is 1. The Balaban J connectivity index is 1.45. The van der Waals surface area contributed by atoms with E-state index in [4.69, 9.17) is 0 Å². The number of amides is 1. The van der Waals surface area contributed by atoms with Gasteiger partial charge in [-0.2, -0.15) is 0 Å². The first-order valence-electron chi connectivity index (χ1n) is 11.0. The Morgan fingerprint density at radius 2 is 1.86 bits per heavy atom. The van der Waals surface area contributed by atoms with Crippen LogP contribution in [0.2, 0.25) is 0 Å². The van der Waals surface area contributed by atoms with E-state index in [0.717, 1.165) is 36.6 Å². The van der Waals surface area contributed by atoms with Gasteiger partial charge < -0.3 is 10.2 Å². The first-order valence-corrected chi connectivity index (χ1v) is 11.0. The third-order valence-corrected chi connectivity index (χ3v) is 6.33. The van der Waals surface area contributed by atoms with Crippen LogP contribution in [0.15, 0.2) is 42.6 Å². The zero-order valence-corrected chi connectivity index (χ0v) is 17.4. The maximum absolute atomic E-state index is 12.9. The summed E-state index contributed by atoms with van der Waals surface area (Å²) < 4.78 is 0. The van der Waals surface area contributed by atoms with Crippen molar-refractivity contribution >= 4 is 17.3 Å². The molecule has 1 aromatic carbocycles. The predicted molar refractivity (Wildman–Crippen MR) is 118 cm³/mol. The predicted octanol–water partition coefficient (Wildman–Crippen LogP) is 4.70. The number of pyridine rings is 1. The summed E-state index contributed by atoms with van der Waals surface area (Å²) in [5.74, 6) is -0.140. The van der Waals surface area contributed by atoms with E-state index in [-0.39, 0.29) is 5.91 Å². The van der Waals surface area contributed by atoms with Crippen LogP contribution in [0.25, 0.3) is 0 Å². The van der Waals surface area contributed by atoms with E-state index in [1.165, 1.54) is 44.9 Å². The molecule has 154 valence electrons. The summed E-state index contributed by atoms with van der Waals surface area (Å²) >= 11 is 0. The largest absolute Gasteiger partial charge is 0.371 e. The van der Waals surface area contributed by atoms with E-state index in [2.05, 4.69) is 33.2 Å². The van der Waals surface area contributed by atoms with Gasteiger partial charge in [-0.1, -0.05) is 37.5 Å². The highest BCUT2D eigenvalue weighted by atomic mass is 16.1. The van der Waals surface area contributed by atoms with Gasteiger partial charge in [0.15, 0.2) is 0 Å². The van der Waals surface area contributed by atoms with Crippen LogP contribution in [0.5, 0.6) is 0 Å². The molecule has 1 aliphatic heterocycles. The Morgan fingerprint density at radius 1 is 1.10 bits per heavy atom. The molecule has 1 saturated heterocycles. The van der Waals surface area contributed by atoms with Crippen molar-refractivity contribution in [1.82, 2.24) is 9.88 Å². The summed E-state index contributed by atoms with van der Waals surface area (Å²) in [6.45, 7) is 2.96. The molecule has 0 spiro atoms. The summed E-state index contributed by atoms with van der Waals surface area (Å²) in [7, 11) is 2.20. The molecule has 1 aromatic heterocycles. The molecule has 2 heterocycles. The van der Waals surface area contributed by atoms with Crippen LogP contribution in [0.4, 0.5) is 11.4 Å². The maximum atomic E-state index is 12.9. The van der Waals surface area contributed by atoms with Gasteiger partial charge in [0.25, 0.3) is 5.91 Å². The van der Waals surface area contributed by atoms with Gasteiger partial charge >= 0.3 is 0 Å². The molecule has 2 aromatic rings. The monoisotopic (exact) mass is 392 g/mol. The average Bonchev–Trinajstić information content (AvgIpc) is 3.31. The van der Waals surface area contributed by atoms with Crippen molar-refractivity contribution in [2.75, 3.05) is 30.4 Å². The molecule has 1 amide bonds. The minimum Gasteiger partial charge on any atom is -0.371 e. The van der Waals surface area contributed by atoms with Crippen molar-refractivity contribution in [2.24, 2.45) is 0 Å².